The first kappa shape index (κ1) is 16.9. The molecule has 23 heavy (non-hydrogen) atoms. The Labute approximate surface area is 137 Å². The Morgan fingerprint density at radius 2 is 1.65 bits per heavy atom. The zero-order chi connectivity index (χ0) is 16.7. The summed E-state index contributed by atoms with van der Waals surface area (Å²) < 4.78 is 11.3. The number of rotatable bonds is 8. The predicted octanol–water partition coefficient (Wildman–Crippen LogP) is 2.67. The fraction of sp³-hybridized carbons (Fsp3) is 0.412. The minimum absolute atomic E-state index is 0.368. The van der Waals surface area contributed by atoms with Crippen molar-refractivity contribution in [2.45, 2.75) is 20.8 Å². The molecule has 0 aliphatic rings. The minimum Gasteiger partial charge on any atom is -0.490 e. The molecule has 6 heteroatoms. The highest BCUT2D eigenvalue weighted by Crippen LogP contribution is 2.24. The van der Waals surface area contributed by atoms with Gasteiger partial charge in [-0.15, -0.1) is 0 Å². The molecule has 0 atom stereocenters. The highest BCUT2D eigenvalue weighted by Gasteiger charge is 2.13. The number of aromatic nitrogens is 2. The van der Waals surface area contributed by atoms with Gasteiger partial charge in [0.25, 0.3) is 0 Å². The average Bonchev–Trinajstić information content (AvgIpc) is 2.57. The Morgan fingerprint density at radius 3 is 2.30 bits per heavy atom. The van der Waals surface area contributed by atoms with Gasteiger partial charge in [0.2, 0.25) is 11.8 Å². The molecule has 0 amide bonds. The summed E-state index contributed by atoms with van der Waals surface area (Å²) in [4.78, 5) is 10.9. The maximum atomic E-state index is 6.02. The Balaban J connectivity index is 1.98. The van der Waals surface area contributed by atoms with Gasteiger partial charge in [0.1, 0.15) is 24.7 Å². The molecule has 2 aromatic rings. The maximum absolute atomic E-state index is 6.02. The Hall–Kier alpha value is -2.50. The molecular formula is C17H24N4O2. The standard InChI is InChI=1S/C17H24N4O2/c1-4-21(5-2)17-19-13(3)15(18)16(20-17)23-12-11-22-14-9-7-6-8-10-14/h6-10H,4-5,11-12,18H2,1-3H3. The second-order valence-corrected chi connectivity index (χ2v) is 5.01. The van der Waals surface area contributed by atoms with Gasteiger partial charge in [-0.05, 0) is 32.9 Å². The zero-order valence-electron chi connectivity index (χ0n) is 14.0. The van der Waals surface area contributed by atoms with Gasteiger partial charge in [-0.25, -0.2) is 4.98 Å². The van der Waals surface area contributed by atoms with Crippen molar-refractivity contribution < 1.29 is 9.47 Å². The number of nitrogens with two attached hydrogens (primary N) is 1. The van der Waals surface area contributed by atoms with Crippen LogP contribution in [0.2, 0.25) is 0 Å². The van der Waals surface area contributed by atoms with Crippen LogP contribution in [-0.2, 0) is 0 Å². The molecule has 1 aromatic heterocycles. The molecule has 1 aromatic carbocycles. The first-order chi connectivity index (χ1) is 11.2. The molecule has 0 saturated heterocycles. The minimum atomic E-state index is 0.368. The van der Waals surface area contributed by atoms with E-state index in [1.54, 1.807) is 0 Å². The smallest absolute Gasteiger partial charge is 0.242 e. The molecule has 6 nitrogen and oxygen atoms in total. The van der Waals surface area contributed by atoms with Gasteiger partial charge in [0.15, 0.2) is 0 Å². The third kappa shape index (κ3) is 4.48. The van der Waals surface area contributed by atoms with Gasteiger partial charge in [0.05, 0.1) is 5.69 Å². The van der Waals surface area contributed by atoms with Crippen LogP contribution >= 0.6 is 0 Å². The molecule has 2 rings (SSSR count). The average molecular weight is 316 g/mol. The Bertz CT molecular complexity index is 615. The Kier molecular flexibility index (Phi) is 6.02. The van der Waals surface area contributed by atoms with Crippen LogP contribution in [-0.4, -0.2) is 36.3 Å². The van der Waals surface area contributed by atoms with Crippen LogP contribution in [0.1, 0.15) is 19.5 Å². The molecule has 0 bridgehead atoms. The van der Waals surface area contributed by atoms with Gasteiger partial charge < -0.3 is 20.1 Å². The van der Waals surface area contributed by atoms with E-state index in [2.05, 4.69) is 28.7 Å². The molecule has 0 spiro atoms. The van der Waals surface area contributed by atoms with Crippen LogP contribution in [0.4, 0.5) is 11.6 Å². The molecular weight excluding hydrogens is 292 g/mol. The summed E-state index contributed by atoms with van der Waals surface area (Å²) in [5, 5.41) is 0. The highest BCUT2D eigenvalue weighted by molar-refractivity contribution is 5.54. The lowest BCUT2D eigenvalue weighted by Crippen LogP contribution is -2.25. The topological polar surface area (TPSA) is 73.5 Å². The number of benzene rings is 1. The fourth-order valence-corrected chi connectivity index (χ4v) is 2.11. The summed E-state index contributed by atoms with van der Waals surface area (Å²) in [6, 6.07) is 9.61. The van der Waals surface area contributed by atoms with E-state index in [1.807, 2.05) is 37.3 Å². The molecule has 0 saturated carbocycles. The number of nitrogen functional groups attached to an aromatic ring is 1. The van der Waals surface area contributed by atoms with Crippen LogP contribution in [0.5, 0.6) is 11.6 Å². The second-order valence-electron chi connectivity index (χ2n) is 5.01. The third-order valence-corrected chi connectivity index (χ3v) is 3.47. The summed E-state index contributed by atoms with van der Waals surface area (Å²) in [5.74, 6) is 1.86. The van der Waals surface area contributed by atoms with E-state index in [9.17, 15) is 0 Å². The predicted molar refractivity (Wildman–Crippen MR) is 92.2 cm³/mol. The van der Waals surface area contributed by atoms with Crippen LogP contribution in [0.25, 0.3) is 0 Å². The first-order valence-electron chi connectivity index (χ1n) is 7.85. The molecule has 0 aliphatic carbocycles. The van der Waals surface area contributed by atoms with E-state index in [-0.39, 0.29) is 0 Å². The highest BCUT2D eigenvalue weighted by atomic mass is 16.5. The van der Waals surface area contributed by atoms with Gasteiger partial charge >= 0.3 is 0 Å². The fourth-order valence-electron chi connectivity index (χ4n) is 2.11. The van der Waals surface area contributed by atoms with Crippen molar-refractivity contribution in [2.24, 2.45) is 0 Å². The molecule has 124 valence electrons. The van der Waals surface area contributed by atoms with Crippen molar-refractivity contribution in [3.63, 3.8) is 0 Å². The summed E-state index contributed by atoms with van der Waals surface area (Å²) in [5.41, 5.74) is 7.21. The monoisotopic (exact) mass is 316 g/mol. The van der Waals surface area contributed by atoms with E-state index in [0.29, 0.717) is 30.7 Å². The van der Waals surface area contributed by atoms with Crippen LogP contribution in [0.15, 0.2) is 30.3 Å². The molecule has 1 heterocycles. The van der Waals surface area contributed by atoms with Gasteiger partial charge in [-0.2, -0.15) is 4.98 Å². The summed E-state index contributed by atoms with van der Waals surface area (Å²) in [7, 11) is 0. The summed E-state index contributed by atoms with van der Waals surface area (Å²) in [6.45, 7) is 8.43. The molecule has 0 fully saturated rings. The van der Waals surface area contributed by atoms with Crippen LogP contribution in [0, 0.1) is 6.92 Å². The molecule has 0 radical (unpaired) electrons. The lowest BCUT2D eigenvalue weighted by atomic mass is 10.3. The number of nitrogens with zero attached hydrogens (tertiary/aromatic N) is 3. The lowest BCUT2D eigenvalue weighted by Gasteiger charge is -2.20. The summed E-state index contributed by atoms with van der Waals surface area (Å²) in [6.07, 6.45) is 0. The van der Waals surface area contributed by atoms with E-state index in [0.717, 1.165) is 24.5 Å². The van der Waals surface area contributed by atoms with Crippen molar-refractivity contribution in [1.82, 2.24) is 9.97 Å². The SMILES string of the molecule is CCN(CC)c1nc(C)c(N)c(OCCOc2ccccc2)n1. The van der Waals surface area contributed by atoms with Crippen molar-refractivity contribution in [3.05, 3.63) is 36.0 Å². The molecule has 0 aliphatic heterocycles. The second kappa shape index (κ2) is 8.22. The van der Waals surface area contributed by atoms with Crippen molar-refractivity contribution in [2.75, 3.05) is 36.9 Å². The van der Waals surface area contributed by atoms with E-state index in [1.165, 1.54) is 0 Å². The van der Waals surface area contributed by atoms with Gasteiger partial charge in [-0.1, -0.05) is 18.2 Å². The number of aryl methyl sites for hydroxylation is 1. The Morgan fingerprint density at radius 1 is 1.00 bits per heavy atom. The van der Waals surface area contributed by atoms with E-state index in [4.69, 9.17) is 15.2 Å². The largest absolute Gasteiger partial charge is 0.490 e. The van der Waals surface area contributed by atoms with Crippen molar-refractivity contribution in [1.29, 1.82) is 0 Å². The van der Waals surface area contributed by atoms with Crippen molar-refractivity contribution >= 4 is 11.6 Å². The van der Waals surface area contributed by atoms with Gasteiger partial charge in [-0.3, -0.25) is 0 Å². The number of hydrogen-bond donors (Lipinski definition) is 1. The lowest BCUT2D eigenvalue weighted by molar-refractivity contribution is 0.212. The van der Waals surface area contributed by atoms with Gasteiger partial charge in [0, 0.05) is 13.1 Å². The molecule has 0 unspecified atom stereocenters. The summed E-state index contributed by atoms with van der Waals surface area (Å²) >= 11 is 0. The number of hydrogen-bond acceptors (Lipinski definition) is 6. The maximum Gasteiger partial charge on any atom is 0.242 e. The van der Waals surface area contributed by atoms with E-state index >= 15 is 0 Å². The van der Waals surface area contributed by atoms with E-state index < -0.39 is 0 Å². The van der Waals surface area contributed by atoms with Crippen LogP contribution in [0.3, 0.4) is 0 Å². The number of anilines is 2. The first-order valence-corrected chi connectivity index (χ1v) is 7.85. The zero-order valence-corrected chi connectivity index (χ0v) is 14.0. The number of para-hydroxylation sites is 1. The van der Waals surface area contributed by atoms with Crippen molar-refractivity contribution in [3.8, 4) is 11.6 Å². The normalized spacial score (nSPS) is 10.4. The quantitative estimate of drug-likeness (QED) is 0.755. The van der Waals surface area contributed by atoms with Crippen LogP contribution < -0.4 is 20.1 Å². The molecule has 2 N–H and O–H groups in total. The number of ether oxygens (including phenoxy) is 2. The third-order valence-electron chi connectivity index (χ3n) is 3.47.